The Bertz CT molecular complexity index is 167. The Labute approximate surface area is 69.7 Å². The molecule has 9 heteroatoms. The highest BCUT2D eigenvalue weighted by Gasteiger charge is 2.00. The maximum atomic E-state index is 10.2. The number of nitrogens with one attached hydrogen (secondary N) is 1. The summed E-state index contributed by atoms with van der Waals surface area (Å²) in [4.78, 5) is 29.6. The molecule has 9 N–H and O–H groups in total. The Hall–Kier alpha value is -0.660. The largest absolute Gasteiger partial charge is 0.780 e. The summed E-state index contributed by atoms with van der Waals surface area (Å²) in [6.45, 7) is 1.76. The first-order valence-corrected chi connectivity index (χ1v) is 3.91. The van der Waals surface area contributed by atoms with Crippen LogP contribution in [-0.4, -0.2) is 12.6 Å². The molecule has 0 aromatic rings. The number of hydrogen-bond donors (Lipinski definition) is 3. The molecule has 8 nitrogen and oxygen atoms in total. The SMILES string of the molecule is CCNC(=O)OP(=O)([O-])[O-].[NH4+].[NH4+]. The molecule has 0 saturated heterocycles. The Morgan fingerprint density at radius 1 is 1.50 bits per heavy atom. The number of carbonyl (C=O) groups is 1. The second kappa shape index (κ2) is 7.01. The van der Waals surface area contributed by atoms with Crippen LogP contribution in [0.5, 0.6) is 0 Å². The molecule has 0 aliphatic carbocycles. The van der Waals surface area contributed by atoms with Crippen molar-refractivity contribution in [3.8, 4) is 0 Å². The van der Waals surface area contributed by atoms with Crippen molar-refractivity contribution in [3.63, 3.8) is 0 Å². The van der Waals surface area contributed by atoms with E-state index in [0.29, 0.717) is 0 Å². The Balaban J connectivity index is -0.000000405. The lowest BCUT2D eigenvalue weighted by molar-refractivity contribution is -0.336. The number of hydrogen-bond acceptors (Lipinski definition) is 5. The molecule has 0 aromatic heterocycles. The minimum absolute atomic E-state index is 0. The molecule has 0 fully saturated rings. The normalized spacial score (nSPS) is 8.92. The van der Waals surface area contributed by atoms with E-state index in [2.05, 4.69) is 4.52 Å². The molecule has 0 spiro atoms. The molecule has 0 heterocycles. The molecular formula is C3H14N3O5P. The third-order valence-corrected chi connectivity index (χ3v) is 0.905. The zero-order valence-corrected chi connectivity index (χ0v) is 8.09. The van der Waals surface area contributed by atoms with Gasteiger partial charge in [-0.05, 0) is 6.92 Å². The standard InChI is InChI=1S/C3H8NO5P.2H3N/c1-2-4-3(5)9-10(6,7)8;;/h2H2,1H3,(H,4,5)(H2,6,7,8);2*1H3. The van der Waals surface area contributed by atoms with Crippen LogP contribution in [0.3, 0.4) is 0 Å². The predicted molar refractivity (Wildman–Crippen MR) is 39.7 cm³/mol. The number of rotatable bonds is 2. The zero-order chi connectivity index (χ0) is 8.20. The van der Waals surface area contributed by atoms with Crippen LogP contribution in [0.15, 0.2) is 0 Å². The number of carbonyl (C=O) groups excluding carboxylic acids is 1. The second-order valence-corrected chi connectivity index (χ2v) is 2.43. The molecule has 0 aliphatic rings. The van der Waals surface area contributed by atoms with Gasteiger partial charge in [-0.1, -0.05) is 0 Å². The summed E-state index contributed by atoms with van der Waals surface area (Å²) in [5.74, 6) is 0. The maximum Gasteiger partial charge on any atom is 0.410 e. The van der Waals surface area contributed by atoms with E-state index < -0.39 is 13.9 Å². The Morgan fingerprint density at radius 3 is 2.17 bits per heavy atom. The predicted octanol–water partition coefficient (Wildman–Crippen LogP) is -0.686. The first kappa shape index (κ1) is 17.4. The first-order chi connectivity index (χ1) is 4.45. The van der Waals surface area contributed by atoms with E-state index >= 15 is 0 Å². The molecule has 0 aromatic carbocycles. The van der Waals surface area contributed by atoms with Gasteiger partial charge < -0.3 is 36.5 Å². The van der Waals surface area contributed by atoms with Crippen LogP contribution < -0.4 is 27.4 Å². The summed E-state index contributed by atoms with van der Waals surface area (Å²) in [5, 5.41) is 1.97. The van der Waals surface area contributed by atoms with Gasteiger partial charge in [0.1, 0.15) is 7.82 Å². The Morgan fingerprint density at radius 2 is 1.92 bits per heavy atom. The van der Waals surface area contributed by atoms with Crippen molar-refractivity contribution < 1.29 is 23.7 Å². The molecule has 76 valence electrons. The van der Waals surface area contributed by atoms with Gasteiger partial charge in [0.05, 0.1) is 0 Å². The topological polar surface area (TPSA) is 175 Å². The molecule has 12 heavy (non-hydrogen) atoms. The molecule has 0 rings (SSSR count). The van der Waals surface area contributed by atoms with E-state index in [-0.39, 0.29) is 18.8 Å². The second-order valence-electron chi connectivity index (χ2n) is 1.36. The highest BCUT2D eigenvalue weighted by atomic mass is 31.2. The van der Waals surface area contributed by atoms with Crippen molar-refractivity contribution >= 4 is 13.9 Å². The molecule has 0 unspecified atom stereocenters. The maximum absolute atomic E-state index is 10.2. The van der Waals surface area contributed by atoms with Crippen molar-refractivity contribution in [1.82, 2.24) is 17.6 Å². The Kier molecular flexibility index (Phi) is 10.2. The number of phosphoric ester groups is 1. The van der Waals surface area contributed by atoms with Crippen LogP contribution in [0.2, 0.25) is 0 Å². The summed E-state index contributed by atoms with van der Waals surface area (Å²) in [6.07, 6.45) is -1.24. The van der Waals surface area contributed by atoms with E-state index in [9.17, 15) is 19.1 Å². The lowest BCUT2D eigenvalue weighted by Gasteiger charge is -2.27. The van der Waals surface area contributed by atoms with Gasteiger partial charge >= 0.3 is 6.09 Å². The number of amides is 1. The third-order valence-electron chi connectivity index (χ3n) is 0.516. The van der Waals surface area contributed by atoms with Gasteiger partial charge in [-0.3, -0.25) is 0 Å². The van der Waals surface area contributed by atoms with E-state index in [1.54, 1.807) is 6.92 Å². The molecule has 1 amide bonds. The van der Waals surface area contributed by atoms with Crippen molar-refractivity contribution in [1.29, 1.82) is 0 Å². The van der Waals surface area contributed by atoms with Crippen molar-refractivity contribution in [2.24, 2.45) is 0 Å². The molecule has 0 saturated carbocycles. The van der Waals surface area contributed by atoms with Gasteiger partial charge in [-0.2, -0.15) is 0 Å². The van der Waals surface area contributed by atoms with E-state index in [1.807, 2.05) is 5.32 Å². The molecular weight excluding hydrogens is 189 g/mol. The van der Waals surface area contributed by atoms with Crippen LogP contribution in [0.4, 0.5) is 4.79 Å². The van der Waals surface area contributed by atoms with Gasteiger partial charge in [0.25, 0.3) is 0 Å². The third kappa shape index (κ3) is 12.1. The van der Waals surface area contributed by atoms with Crippen molar-refractivity contribution in [2.45, 2.75) is 6.92 Å². The average Bonchev–Trinajstić information content (AvgIpc) is 1.59. The summed E-state index contributed by atoms with van der Waals surface area (Å²) in [5.41, 5.74) is 0. The fourth-order valence-electron chi connectivity index (χ4n) is 0.278. The molecule has 0 bridgehead atoms. The van der Waals surface area contributed by atoms with Crippen LogP contribution in [0.25, 0.3) is 0 Å². The van der Waals surface area contributed by atoms with Gasteiger partial charge in [-0.15, -0.1) is 0 Å². The van der Waals surface area contributed by atoms with Crippen molar-refractivity contribution in [2.75, 3.05) is 6.54 Å². The summed E-state index contributed by atoms with van der Waals surface area (Å²) < 4.78 is 13.1. The smallest absolute Gasteiger partial charge is 0.410 e. The quantitative estimate of drug-likeness (QED) is 0.502. The van der Waals surface area contributed by atoms with Crippen molar-refractivity contribution in [3.05, 3.63) is 0 Å². The van der Waals surface area contributed by atoms with Crippen LogP contribution in [0.1, 0.15) is 6.92 Å². The fourth-order valence-corrected chi connectivity index (χ4v) is 0.546. The van der Waals surface area contributed by atoms with Gasteiger partial charge in [0.15, 0.2) is 0 Å². The van der Waals surface area contributed by atoms with E-state index in [1.165, 1.54) is 0 Å². The minimum Gasteiger partial charge on any atom is -0.780 e. The number of quaternary nitrogens is 2. The summed E-state index contributed by atoms with van der Waals surface area (Å²) in [6, 6.07) is 0. The molecule has 0 atom stereocenters. The van der Waals surface area contributed by atoms with Gasteiger partial charge in [-0.25, -0.2) is 4.79 Å². The highest BCUT2D eigenvalue weighted by Crippen LogP contribution is 2.23. The molecule has 0 aliphatic heterocycles. The minimum atomic E-state index is -5.16. The van der Waals surface area contributed by atoms with Crippen LogP contribution in [0, 0.1) is 0 Å². The number of phosphoric acid groups is 1. The lowest BCUT2D eigenvalue weighted by Crippen LogP contribution is -2.28. The highest BCUT2D eigenvalue weighted by molar-refractivity contribution is 7.43. The zero-order valence-electron chi connectivity index (χ0n) is 7.20. The first-order valence-electron chi connectivity index (χ1n) is 2.45. The van der Waals surface area contributed by atoms with Gasteiger partial charge in [0, 0.05) is 6.54 Å². The van der Waals surface area contributed by atoms with Gasteiger partial charge in [0.2, 0.25) is 0 Å². The van der Waals surface area contributed by atoms with E-state index in [0.717, 1.165) is 0 Å². The van der Waals surface area contributed by atoms with Crippen LogP contribution in [-0.2, 0) is 9.09 Å². The van der Waals surface area contributed by atoms with Crippen LogP contribution >= 0.6 is 7.82 Å². The lowest BCUT2D eigenvalue weighted by atomic mass is 10.8. The fraction of sp³-hybridized carbons (Fsp3) is 0.667. The average molecular weight is 203 g/mol. The summed E-state index contributed by atoms with van der Waals surface area (Å²) >= 11 is 0. The molecule has 0 radical (unpaired) electrons. The monoisotopic (exact) mass is 203 g/mol. The van der Waals surface area contributed by atoms with E-state index in [4.69, 9.17) is 0 Å². The summed E-state index contributed by atoms with van der Waals surface area (Å²) in [7, 11) is -5.16.